The zero-order chi connectivity index (χ0) is 18.2. The van der Waals surface area contributed by atoms with Gasteiger partial charge in [0.1, 0.15) is 0 Å². The largest absolute Gasteiger partial charge is 0.347 e. The van der Waals surface area contributed by atoms with Crippen molar-refractivity contribution in [1.29, 1.82) is 0 Å². The predicted octanol–water partition coefficient (Wildman–Crippen LogP) is 3.73. The molecule has 5 heteroatoms. The topological polar surface area (TPSA) is 45.2 Å². The number of piperidine rings is 3. The van der Waals surface area contributed by atoms with E-state index in [0.717, 1.165) is 30.5 Å². The van der Waals surface area contributed by atoms with Crippen molar-refractivity contribution in [3.05, 3.63) is 65.3 Å². The number of carbonyl (C=O) groups is 1. The second-order valence-electron chi connectivity index (χ2n) is 7.65. The van der Waals surface area contributed by atoms with Gasteiger partial charge in [-0.1, -0.05) is 24.3 Å². The number of thiophene rings is 1. The summed E-state index contributed by atoms with van der Waals surface area (Å²) in [7, 11) is 0. The minimum atomic E-state index is 0.0717. The smallest absolute Gasteiger partial charge is 0.253 e. The van der Waals surface area contributed by atoms with Crippen molar-refractivity contribution in [3.63, 3.8) is 0 Å². The van der Waals surface area contributed by atoms with E-state index in [2.05, 4.69) is 27.3 Å². The lowest BCUT2D eigenvalue weighted by molar-refractivity contribution is 0.0136. The van der Waals surface area contributed by atoms with E-state index < -0.39 is 0 Å². The van der Waals surface area contributed by atoms with E-state index in [-0.39, 0.29) is 11.9 Å². The van der Waals surface area contributed by atoms with Gasteiger partial charge in [0.15, 0.2) is 0 Å². The van der Waals surface area contributed by atoms with Gasteiger partial charge in [-0.25, -0.2) is 0 Å². The molecule has 0 radical (unpaired) electrons. The van der Waals surface area contributed by atoms with Gasteiger partial charge < -0.3 is 5.32 Å². The molecule has 3 aliphatic rings. The monoisotopic (exact) mass is 377 g/mol. The van der Waals surface area contributed by atoms with Crippen LogP contribution in [-0.2, 0) is 6.42 Å². The molecule has 138 valence electrons. The molecule has 2 unspecified atom stereocenters. The highest BCUT2D eigenvalue weighted by Crippen LogP contribution is 2.34. The van der Waals surface area contributed by atoms with Crippen LogP contribution in [0.2, 0.25) is 0 Å². The van der Waals surface area contributed by atoms with Gasteiger partial charge in [-0.05, 0) is 56.0 Å². The molecule has 0 saturated carbocycles. The van der Waals surface area contributed by atoms with Gasteiger partial charge in [0.25, 0.3) is 5.91 Å². The second-order valence-corrected chi connectivity index (χ2v) is 8.56. The number of hydrogen-bond donors (Lipinski definition) is 1. The number of benzene rings is 1. The first-order valence-corrected chi connectivity index (χ1v) is 10.6. The SMILES string of the molecule is O=C(NC1C2CCN(CC2)C1Cc1cccnc1)c1csc2ccccc12. The lowest BCUT2D eigenvalue weighted by Crippen LogP contribution is -2.64. The van der Waals surface area contributed by atoms with Crippen LogP contribution in [0, 0.1) is 5.92 Å². The summed E-state index contributed by atoms with van der Waals surface area (Å²) in [4.78, 5) is 20.0. The molecule has 5 heterocycles. The van der Waals surface area contributed by atoms with Crippen LogP contribution in [0.1, 0.15) is 28.8 Å². The van der Waals surface area contributed by atoms with Crippen LogP contribution in [0.5, 0.6) is 0 Å². The van der Waals surface area contributed by atoms with E-state index in [9.17, 15) is 4.79 Å². The molecular weight excluding hydrogens is 354 g/mol. The molecule has 1 amide bonds. The van der Waals surface area contributed by atoms with Crippen LogP contribution in [0.3, 0.4) is 0 Å². The van der Waals surface area contributed by atoms with Gasteiger partial charge >= 0.3 is 0 Å². The summed E-state index contributed by atoms with van der Waals surface area (Å²) in [6, 6.07) is 12.9. The number of carbonyl (C=O) groups excluding carboxylic acids is 1. The highest BCUT2D eigenvalue weighted by atomic mass is 32.1. The summed E-state index contributed by atoms with van der Waals surface area (Å²) < 4.78 is 1.17. The van der Waals surface area contributed by atoms with Crippen molar-refractivity contribution in [2.75, 3.05) is 13.1 Å². The Morgan fingerprint density at radius 3 is 2.85 bits per heavy atom. The molecule has 3 aromatic rings. The maximum Gasteiger partial charge on any atom is 0.253 e. The van der Waals surface area contributed by atoms with E-state index in [1.54, 1.807) is 11.3 Å². The average molecular weight is 378 g/mol. The Labute approximate surface area is 163 Å². The maximum atomic E-state index is 13.1. The Balaban J connectivity index is 1.40. The number of aromatic nitrogens is 1. The van der Waals surface area contributed by atoms with Crippen LogP contribution in [0.4, 0.5) is 0 Å². The first kappa shape index (κ1) is 16.9. The molecule has 2 atom stereocenters. The third-order valence-electron chi connectivity index (χ3n) is 6.16. The fourth-order valence-electron chi connectivity index (χ4n) is 4.76. The molecule has 6 rings (SSSR count). The van der Waals surface area contributed by atoms with E-state index in [1.165, 1.54) is 23.1 Å². The molecule has 2 aromatic heterocycles. The number of nitrogens with one attached hydrogen (secondary N) is 1. The standard InChI is InChI=1S/C22H23N3OS/c26-22(18-14-27-20-6-2-1-5-17(18)20)24-21-16-7-10-25(11-8-16)19(21)12-15-4-3-9-23-13-15/h1-6,9,13-14,16,19,21H,7-8,10-12H2,(H,24,26). The van der Waals surface area contributed by atoms with Crippen LogP contribution < -0.4 is 5.32 Å². The lowest BCUT2D eigenvalue weighted by atomic mass is 9.76. The zero-order valence-corrected chi connectivity index (χ0v) is 16.0. The number of hydrogen-bond acceptors (Lipinski definition) is 4. The predicted molar refractivity (Wildman–Crippen MR) is 109 cm³/mol. The molecule has 0 spiro atoms. The van der Waals surface area contributed by atoms with Crippen molar-refractivity contribution >= 4 is 27.3 Å². The molecule has 27 heavy (non-hydrogen) atoms. The summed E-state index contributed by atoms with van der Waals surface area (Å²) in [6.45, 7) is 2.28. The Morgan fingerprint density at radius 2 is 2.04 bits per heavy atom. The Kier molecular flexibility index (Phi) is 4.42. The fourth-order valence-corrected chi connectivity index (χ4v) is 5.71. The summed E-state index contributed by atoms with van der Waals surface area (Å²) in [6.07, 6.45) is 7.07. The number of nitrogens with zero attached hydrogens (tertiary/aromatic N) is 2. The molecule has 3 fully saturated rings. The van der Waals surface area contributed by atoms with Gasteiger partial charge in [0.05, 0.1) is 5.56 Å². The quantitative estimate of drug-likeness (QED) is 0.753. The first-order chi connectivity index (χ1) is 13.3. The third kappa shape index (κ3) is 3.15. The highest BCUT2D eigenvalue weighted by Gasteiger charge is 2.42. The summed E-state index contributed by atoms with van der Waals surface area (Å²) in [5, 5.41) is 6.48. The highest BCUT2D eigenvalue weighted by molar-refractivity contribution is 7.17. The fraction of sp³-hybridized carbons (Fsp3) is 0.364. The van der Waals surface area contributed by atoms with Gasteiger partial charge in [-0.3, -0.25) is 14.7 Å². The van der Waals surface area contributed by atoms with Crippen LogP contribution in [0.15, 0.2) is 54.2 Å². The average Bonchev–Trinajstić information content (AvgIpc) is 3.15. The third-order valence-corrected chi connectivity index (χ3v) is 7.12. The number of amides is 1. The van der Waals surface area contributed by atoms with Crippen molar-refractivity contribution in [3.8, 4) is 0 Å². The van der Waals surface area contributed by atoms with Crippen molar-refractivity contribution in [2.24, 2.45) is 5.92 Å². The normalized spacial score (nSPS) is 27.0. The van der Waals surface area contributed by atoms with E-state index >= 15 is 0 Å². The molecular formula is C22H23N3OS. The number of rotatable bonds is 4. The van der Waals surface area contributed by atoms with Gasteiger partial charge in [0.2, 0.25) is 0 Å². The molecule has 0 aliphatic carbocycles. The van der Waals surface area contributed by atoms with Crippen molar-refractivity contribution in [1.82, 2.24) is 15.2 Å². The molecule has 1 N–H and O–H groups in total. The van der Waals surface area contributed by atoms with E-state index in [0.29, 0.717) is 12.0 Å². The number of fused-ring (bicyclic) bond motifs is 4. The minimum absolute atomic E-state index is 0.0717. The molecule has 2 bridgehead atoms. The Hall–Kier alpha value is -2.24. The van der Waals surface area contributed by atoms with Crippen molar-refractivity contribution in [2.45, 2.75) is 31.3 Å². The summed E-state index contributed by atoms with van der Waals surface area (Å²) in [5.41, 5.74) is 2.06. The van der Waals surface area contributed by atoms with Crippen LogP contribution in [0.25, 0.3) is 10.1 Å². The van der Waals surface area contributed by atoms with E-state index in [4.69, 9.17) is 0 Å². The van der Waals surface area contributed by atoms with Crippen LogP contribution >= 0.6 is 11.3 Å². The molecule has 4 nitrogen and oxygen atoms in total. The maximum absolute atomic E-state index is 13.1. The van der Waals surface area contributed by atoms with Gasteiger partial charge in [-0.2, -0.15) is 0 Å². The van der Waals surface area contributed by atoms with Crippen molar-refractivity contribution < 1.29 is 4.79 Å². The molecule has 1 aromatic carbocycles. The Morgan fingerprint density at radius 1 is 1.19 bits per heavy atom. The number of pyridine rings is 1. The van der Waals surface area contributed by atoms with Crippen LogP contribution in [-0.4, -0.2) is 41.0 Å². The second kappa shape index (κ2) is 7.06. The molecule has 3 saturated heterocycles. The van der Waals surface area contributed by atoms with Gasteiger partial charge in [-0.15, -0.1) is 11.3 Å². The summed E-state index contributed by atoms with van der Waals surface area (Å²) >= 11 is 1.64. The lowest BCUT2D eigenvalue weighted by Gasteiger charge is -2.51. The zero-order valence-electron chi connectivity index (χ0n) is 15.2. The summed E-state index contributed by atoms with van der Waals surface area (Å²) in [5.74, 6) is 0.646. The Bertz CT molecular complexity index is 946. The minimum Gasteiger partial charge on any atom is -0.347 e. The van der Waals surface area contributed by atoms with Gasteiger partial charge in [0, 0.05) is 39.9 Å². The first-order valence-electron chi connectivity index (χ1n) is 9.69. The van der Waals surface area contributed by atoms with E-state index in [1.807, 2.05) is 42.0 Å². The molecule has 3 aliphatic heterocycles.